The molecule has 0 bridgehead atoms. The molecule has 0 heterocycles. The SMILES string of the molecule is N#CCNC(=O)N(CCC1CCCCC1)C(=O)c1ccc(NC(=O)O)cc1. The van der Waals surface area contributed by atoms with E-state index >= 15 is 0 Å². The Morgan fingerprint density at radius 1 is 1.15 bits per heavy atom. The van der Waals surface area contributed by atoms with Gasteiger partial charge in [-0.15, -0.1) is 0 Å². The van der Waals surface area contributed by atoms with Gasteiger partial charge >= 0.3 is 12.1 Å². The third-order valence-corrected chi connectivity index (χ3v) is 4.68. The number of carbonyl (C=O) groups is 3. The predicted molar refractivity (Wildman–Crippen MR) is 99.3 cm³/mol. The first-order chi connectivity index (χ1) is 13.0. The number of amides is 4. The molecule has 1 saturated carbocycles. The smallest absolute Gasteiger partial charge is 0.409 e. The minimum atomic E-state index is -1.20. The van der Waals surface area contributed by atoms with E-state index in [-0.39, 0.29) is 18.7 Å². The van der Waals surface area contributed by atoms with Crippen LogP contribution in [-0.4, -0.2) is 41.1 Å². The van der Waals surface area contributed by atoms with Crippen molar-refractivity contribution in [3.05, 3.63) is 29.8 Å². The van der Waals surface area contributed by atoms with Crippen LogP contribution in [-0.2, 0) is 0 Å². The van der Waals surface area contributed by atoms with E-state index < -0.39 is 18.0 Å². The topological polar surface area (TPSA) is 123 Å². The van der Waals surface area contributed by atoms with Crippen molar-refractivity contribution in [1.29, 1.82) is 5.26 Å². The van der Waals surface area contributed by atoms with E-state index in [2.05, 4.69) is 10.6 Å². The highest BCUT2D eigenvalue weighted by molar-refractivity contribution is 6.04. The Morgan fingerprint density at radius 3 is 2.41 bits per heavy atom. The monoisotopic (exact) mass is 372 g/mol. The number of hydrogen-bond donors (Lipinski definition) is 3. The highest BCUT2D eigenvalue weighted by Gasteiger charge is 2.24. The Balaban J connectivity index is 2.07. The summed E-state index contributed by atoms with van der Waals surface area (Å²) in [6, 6.07) is 7.11. The third kappa shape index (κ3) is 6.29. The summed E-state index contributed by atoms with van der Waals surface area (Å²) in [6.07, 6.45) is 5.35. The second-order valence-electron chi connectivity index (χ2n) is 6.57. The van der Waals surface area contributed by atoms with Gasteiger partial charge in [-0.2, -0.15) is 5.26 Å². The van der Waals surface area contributed by atoms with Gasteiger partial charge in [-0.3, -0.25) is 15.0 Å². The Kier molecular flexibility index (Phi) is 7.62. The number of carbonyl (C=O) groups excluding carboxylic acids is 2. The van der Waals surface area contributed by atoms with Crippen molar-refractivity contribution in [2.75, 3.05) is 18.4 Å². The Bertz CT molecular complexity index is 705. The standard InChI is InChI=1S/C19H24N4O4/c20-11-12-21-18(25)23(13-10-14-4-2-1-3-5-14)17(24)15-6-8-16(9-7-15)22-19(26)27/h6-9,14,22H,1-5,10,12-13H2,(H,21,25)(H,26,27). The minimum Gasteiger partial charge on any atom is -0.465 e. The third-order valence-electron chi connectivity index (χ3n) is 4.68. The fraction of sp³-hybridized carbons (Fsp3) is 0.474. The van der Waals surface area contributed by atoms with Crippen LogP contribution in [0.2, 0.25) is 0 Å². The average Bonchev–Trinajstić information content (AvgIpc) is 2.67. The highest BCUT2D eigenvalue weighted by Crippen LogP contribution is 2.26. The van der Waals surface area contributed by atoms with Crippen LogP contribution in [0.25, 0.3) is 0 Å². The molecule has 144 valence electrons. The molecule has 1 aliphatic carbocycles. The number of benzene rings is 1. The number of carboxylic acid groups (broad SMARTS) is 1. The molecule has 8 heteroatoms. The summed E-state index contributed by atoms with van der Waals surface area (Å²) < 4.78 is 0. The minimum absolute atomic E-state index is 0.173. The van der Waals surface area contributed by atoms with Crippen molar-refractivity contribution in [3.63, 3.8) is 0 Å². The zero-order valence-electron chi connectivity index (χ0n) is 15.1. The molecule has 4 amide bonds. The van der Waals surface area contributed by atoms with Gasteiger partial charge < -0.3 is 10.4 Å². The lowest BCUT2D eigenvalue weighted by Gasteiger charge is -2.26. The molecule has 1 fully saturated rings. The maximum Gasteiger partial charge on any atom is 0.409 e. The lowest BCUT2D eigenvalue weighted by molar-refractivity contribution is 0.0790. The van der Waals surface area contributed by atoms with Crippen molar-refractivity contribution in [2.45, 2.75) is 38.5 Å². The first-order valence-electron chi connectivity index (χ1n) is 9.08. The molecule has 0 atom stereocenters. The quantitative estimate of drug-likeness (QED) is 0.660. The molecular weight excluding hydrogens is 348 g/mol. The van der Waals surface area contributed by atoms with Crippen molar-refractivity contribution in [2.24, 2.45) is 5.92 Å². The molecule has 1 aliphatic rings. The van der Waals surface area contributed by atoms with Crippen LogP contribution in [0.4, 0.5) is 15.3 Å². The molecule has 0 saturated heterocycles. The molecule has 27 heavy (non-hydrogen) atoms. The molecule has 0 aromatic heterocycles. The van der Waals surface area contributed by atoms with E-state index in [1.807, 2.05) is 6.07 Å². The van der Waals surface area contributed by atoms with Gasteiger partial charge in [-0.25, -0.2) is 9.59 Å². The number of nitrogens with zero attached hydrogens (tertiary/aromatic N) is 2. The second-order valence-corrected chi connectivity index (χ2v) is 6.57. The number of hydrogen-bond acceptors (Lipinski definition) is 4. The lowest BCUT2D eigenvalue weighted by atomic mass is 9.87. The van der Waals surface area contributed by atoms with Gasteiger partial charge in [0.15, 0.2) is 0 Å². The molecule has 1 aromatic rings. The number of nitriles is 1. The Labute approximate surface area is 158 Å². The lowest BCUT2D eigenvalue weighted by Crippen LogP contribution is -2.45. The fourth-order valence-corrected chi connectivity index (χ4v) is 3.27. The van der Waals surface area contributed by atoms with Gasteiger partial charge in [0, 0.05) is 17.8 Å². The largest absolute Gasteiger partial charge is 0.465 e. The predicted octanol–water partition coefficient (Wildman–Crippen LogP) is 3.42. The zero-order chi connectivity index (χ0) is 19.6. The van der Waals surface area contributed by atoms with Crippen molar-refractivity contribution >= 4 is 23.7 Å². The Morgan fingerprint density at radius 2 is 1.81 bits per heavy atom. The van der Waals surface area contributed by atoms with Gasteiger partial charge in [0.05, 0.1) is 6.07 Å². The number of urea groups is 1. The number of rotatable bonds is 6. The zero-order valence-corrected chi connectivity index (χ0v) is 15.1. The number of imide groups is 1. The van der Waals surface area contributed by atoms with Crippen molar-refractivity contribution in [1.82, 2.24) is 10.2 Å². The van der Waals surface area contributed by atoms with Crippen LogP contribution in [0.3, 0.4) is 0 Å². The van der Waals surface area contributed by atoms with Gasteiger partial charge in [-0.1, -0.05) is 32.1 Å². The summed E-state index contributed by atoms with van der Waals surface area (Å²) in [4.78, 5) is 36.9. The molecule has 2 rings (SSSR count). The molecule has 0 radical (unpaired) electrons. The summed E-state index contributed by atoms with van der Waals surface area (Å²) in [6.45, 7) is 0.114. The van der Waals surface area contributed by atoms with Gasteiger partial charge in [0.2, 0.25) is 0 Å². The number of anilines is 1. The van der Waals surface area contributed by atoms with Crippen LogP contribution in [0, 0.1) is 17.2 Å². The molecule has 0 aliphatic heterocycles. The molecule has 1 aromatic carbocycles. The molecule has 8 nitrogen and oxygen atoms in total. The fourth-order valence-electron chi connectivity index (χ4n) is 3.27. The average molecular weight is 372 g/mol. The molecular formula is C19H24N4O4. The van der Waals surface area contributed by atoms with Crippen LogP contribution < -0.4 is 10.6 Å². The molecule has 0 spiro atoms. The van der Waals surface area contributed by atoms with Crippen LogP contribution in [0.5, 0.6) is 0 Å². The van der Waals surface area contributed by atoms with E-state index in [0.29, 0.717) is 11.6 Å². The van der Waals surface area contributed by atoms with Crippen molar-refractivity contribution in [3.8, 4) is 6.07 Å². The van der Waals surface area contributed by atoms with Crippen LogP contribution in [0.15, 0.2) is 24.3 Å². The van der Waals surface area contributed by atoms with E-state index in [9.17, 15) is 14.4 Å². The van der Waals surface area contributed by atoms with Gasteiger partial charge in [0.1, 0.15) is 6.54 Å². The van der Waals surface area contributed by atoms with E-state index in [1.165, 1.54) is 43.5 Å². The summed E-state index contributed by atoms with van der Waals surface area (Å²) in [5.41, 5.74) is 0.614. The maximum atomic E-state index is 12.8. The Hall–Kier alpha value is -3.08. The first kappa shape index (κ1) is 20.2. The van der Waals surface area contributed by atoms with E-state index in [4.69, 9.17) is 10.4 Å². The molecule has 3 N–H and O–H groups in total. The summed E-state index contributed by atoms with van der Waals surface area (Å²) in [7, 11) is 0. The molecule has 0 unspecified atom stereocenters. The van der Waals surface area contributed by atoms with Gasteiger partial charge in [0.25, 0.3) is 5.91 Å². The normalized spacial score (nSPS) is 14.0. The second kappa shape index (κ2) is 10.2. The van der Waals surface area contributed by atoms with E-state index in [1.54, 1.807) is 0 Å². The summed E-state index contributed by atoms with van der Waals surface area (Å²) in [5.74, 6) is 0.0306. The maximum absolute atomic E-state index is 12.8. The summed E-state index contributed by atoms with van der Waals surface area (Å²) in [5, 5.41) is 22.0. The van der Waals surface area contributed by atoms with Gasteiger partial charge in [-0.05, 0) is 36.6 Å². The highest BCUT2D eigenvalue weighted by atomic mass is 16.4. The van der Waals surface area contributed by atoms with E-state index in [0.717, 1.165) is 24.2 Å². The van der Waals surface area contributed by atoms with Crippen LogP contribution in [0.1, 0.15) is 48.9 Å². The first-order valence-corrected chi connectivity index (χ1v) is 9.08. The van der Waals surface area contributed by atoms with Crippen molar-refractivity contribution < 1.29 is 19.5 Å². The number of nitrogens with one attached hydrogen (secondary N) is 2. The van der Waals surface area contributed by atoms with Crippen LogP contribution >= 0.6 is 0 Å². The summed E-state index contributed by atoms with van der Waals surface area (Å²) >= 11 is 0.